The molecule has 3 aromatic rings. The maximum absolute atomic E-state index is 13.4. The van der Waals surface area contributed by atoms with Gasteiger partial charge in [0.15, 0.2) is 0 Å². The van der Waals surface area contributed by atoms with Crippen molar-refractivity contribution in [1.82, 2.24) is 9.97 Å². The summed E-state index contributed by atoms with van der Waals surface area (Å²) in [4.78, 5) is 9.65. The van der Waals surface area contributed by atoms with E-state index in [2.05, 4.69) is 31.2 Å². The quantitative estimate of drug-likeness (QED) is 0.538. The Balaban J connectivity index is 1.99. The summed E-state index contributed by atoms with van der Waals surface area (Å²) in [5, 5.41) is 2.76. The molecule has 3 rings (SSSR count). The standard InChI is InChI=1S/C19H16BrF3N4/c1-12-3-7-14(8-4-12)25-17-16(19(21,22)23)11-24-18(26-17)27(2)15-9-5-13(20)6-10-15/h3-11H,1-2H3,(H,24,25,26). The van der Waals surface area contributed by atoms with Gasteiger partial charge >= 0.3 is 6.18 Å². The molecule has 0 aliphatic heterocycles. The highest BCUT2D eigenvalue weighted by molar-refractivity contribution is 9.10. The van der Waals surface area contributed by atoms with Crippen molar-refractivity contribution in [1.29, 1.82) is 0 Å². The van der Waals surface area contributed by atoms with E-state index in [1.807, 2.05) is 43.3 Å². The Hall–Kier alpha value is -2.61. The molecule has 0 amide bonds. The summed E-state index contributed by atoms with van der Waals surface area (Å²) in [5.41, 5.74) is 1.35. The molecule has 0 saturated heterocycles. The van der Waals surface area contributed by atoms with E-state index in [1.165, 1.54) is 0 Å². The van der Waals surface area contributed by atoms with Crippen LogP contribution in [0.5, 0.6) is 0 Å². The van der Waals surface area contributed by atoms with Crippen molar-refractivity contribution < 1.29 is 13.2 Å². The van der Waals surface area contributed by atoms with Gasteiger partial charge in [0.2, 0.25) is 5.95 Å². The lowest BCUT2D eigenvalue weighted by molar-refractivity contribution is -0.137. The maximum atomic E-state index is 13.4. The van der Waals surface area contributed by atoms with Crippen molar-refractivity contribution in [3.8, 4) is 0 Å². The third-order valence-electron chi connectivity index (χ3n) is 3.91. The number of alkyl halides is 3. The minimum atomic E-state index is -4.57. The number of rotatable bonds is 4. The summed E-state index contributed by atoms with van der Waals surface area (Å²) in [7, 11) is 1.70. The molecule has 1 aromatic heterocycles. The summed E-state index contributed by atoms with van der Waals surface area (Å²) < 4.78 is 41.0. The van der Waals surface area contributed by atoms with Crippen molar-refractivity contribution in [2.75, 3.05) is 17.3 Å². The fourth-order valence-electron chi connectivity index (χ4n) is 2.39. The molecule has 0 bridgehead atoms. The van der Waals surface area contributed by atoms with Crippen LogP contribution in [0.4, 0.5) is 36.3 Å². The fraction of sp³-hybridized carbons (Fsp3) is 0.158. The third kappa shape index (κ3) is 4.57. The Bertz CT molecular complexity index is 925. The first-order valence-electron chi connectivity index (χ1n) is 8.01. The lowest BCUT2D eigenvalue weighted by Crippen LogP contribution is -2.17. The van der Waals surface area contributed by atoms with Crippen molar-refractivity contribution in [3.05, 3.63) is 70.3 Å². The van der Waals surface area contributed by atoms with Crippen LogP contribution in [0.1, 0.15) is 11.1 Å². The predicted octanol–water partition coefficient (Wildman–Crippen LogP) is 6.08. The first-order chi connectivity index (χ1) is 12.7. The number of hydrogen-bond acceptors (Lipinski definition) is 4. The van der Waals surface area contributed by atoms with Crippen LogP contribution in [0, 0.1) is 6.92 Å². The maximum Gasteiger partial charge on any atom is 0.421 e. The molecule has 4 nitrogen and oxygen atoms in total. The molecule has 0 fully saturated rings. The molecule has 0 saturated carbocycles. The number of aromatic nitrogens is 2. The monoisotopic (exact) mass is 436 g/mol. The zero-order valence-corrected chi connectivity index (χ0v) is 16.1. The molecule has 0 unspecified atom stereocenters. The van der Waals surface area contributed by atoms with E-state index in [0.717, 1.165) is 21.9 Å². The number of aryl methyl sites for hydroxylation is 1. The van der Waals surface area contributed by atoms with Crippen molar-refractivity contribution in [2.24, 2.45) is 0 Å². The minimum Gasteiger partial charge on any atom is -0.340 e. The second kappa shape index (κ2) is 7.56. The van der Waals surface area contributed by atoms with E-state index in [0.29, 0.717) is 5.69 Å². The van der Waals surface area contributed by atoms with Gasteiger partial charge in [-0.1, -0.05) is 33.6 Å². The van der Waals surface area contributed by atoms with E-state index in [-0.39, 0.29) is 11.8 Å². The number of benzene rings is 2. The molecule has 1 N–H and O–H groups in total. The summed E-state index contributed by atoms with van der Waals surface area (Å²) in [5.74, 6) is -0.139. The minimum absolute atomic E-state index is 0.153. The first kappa shape index (κ1) is 19.2. The van der Waals surface area contributed by atoms with E-state index < -0.39 is 11.7 Å². The predicted molar refractivity (Wildman–Crippen MR) is 104 cm³/mol. The van der Waals surface area contributed by atoms with E-state index in [4.69, 9.17) is 0 Å². The number of nitrogens with zero attached hydrogens (tertiary/aromatic N) is 3. The zero-order valence-electron chi connectivity index (χ0n) is 14.5. The molecule has 0 atom stereocenters. The molecule has 0 radical (unpaired) electrons. The van der Waals surface area contributed by atoms with Gasteiger partial charge < -0.3 is 10.2 Å². The molecular formula is C19H16BrF3N4. The van der Waals surface area contributed by atoms with Crippen molar-refractivity contribution >= 4 is 39.1 Å². The number of anilines is 4. The Morgan fingerprint density at radius 1 is 1.00 bits per heavy atom. The fourth-order valence-corrected chi connectivity index (χ4v) is 2.65. The SMILES string of the molecule is Cc1ccc(Nc2nc(N(C)c3ccc(Br)cc3)ncc2C(F)(F)F)cc1. The highest BCUT2D eigenvalue weighted by Gasteiger charge is 2.35. The molecule has 140 valence electrons. The van der Waals surface area contributed by atoms with Crippen LogP contribution < -0.4 is 10.2 Å². The van der Waals surface area contributed by atoms with Gasteiger partial charge in [-0.05, 0) is 43.3 Å². The van der Waals surface area contributed by atoms with Gasteiger partial charge in [-0.3, -0.25) is 0 Å². The molecule has 27 heavy (non-hydrogen) atoms. The summed E-state index contributed by atoms with van der Waals surface area (Å²) >= 11 is 3.35. The Labute approximate surface area is 163 Å². The molecule has 8 heteroatoms. The number of hydrogen-bond donors (Lipinski definition) is 1. The van der Waals surface area contributed by atoms with Gasteiger partial charge in [0.05, 0.1) is 0 Å². The van der Waals surface area contributed by atoms with Gasteiger partial charge in [0, 0.05) is 29.1 Å². The lowest BCUT2D eigenvalue weighted by Gasteiger charge is -2.20. The third-order valence-corrected chi connectivity index (χ3v) is 4.44. The van der Waals surface area contributed by atoms with E-state index in [9.17, 15) is 13.2 Å². The first-order valence-corrected chi connectivity index (χ1v) is 8.80. The Morgan fingerprint density at radius 3 is 2.22 bits per heavy atom. The molecule has 2 aromatic carbocycles. The molecule has 1 heterocycles. The highest BCUT2D eigenvalue weighted by atomic mass is 79.9. The molecule has 0 aliphatic carbocycles. The van der Waals surface area contributed by atoms with Crippen LogP contribution in [0.25, 0.3) is 0 Å². The molecule has 0 spiro atoms. The topological polar surface area (TPSA) is 41.1 Å². The lowest BCUT2D eigenvalue weighted by atomic mass is 10.2. The normalized spacial score (nSPS) is 11.3. The molecule has 0 aliphatic rings. The smallest absolute Gasteiger partial charge is 0.340 e. The van der Waals surface area contributed by atoms with Crippen LogP contribution >= 0.6 is 15.9 Å². The van der Waals surface area contributed by atoms with Gasteiger partial charge in [0.1, 0.15) is 11.4 Å². The average Bonchev–Trinajstić information content (AvgIpc) is 2.63. The van der Waals surface area contributed by atoms with Gasteiger partial charge in [-0.25, -0.2) is 4.98 Å². The second-order valence-corrected chi connectivity index (χ2v) is 6.87. The van der Waals surface area contributed by atoms with Gasteiger partial charge in [-0.15, -0.1) is 0 Å². The summed E-state index contributed by atoms with van der Waals surface area (Å²) in [6, 6.07) is 14.3. The van der Waals surface area contributed by atoms with E-state index >= 15 is 0 Å². The van der Waals surface area contributed by atoms with E-state index in [1.54, 1.807) is 24.1 Å². The molecular weight excluding hydrogens is 421 g/mol. The summed E-state index contributed by atoms with van der Waals surface area (Å²) in [6.45, 7) is 1.90. The zero-order chi connectivity index (χ0) is 19.6. The Kier molecular flexibility index (Phi) is 5.36. The highest BCUT2D eigenvalue weighted by Crippen LogP contribution is 2.36. The second-order valence-electron chi connectivity index (χ2n) is 5.96. The van der Waals surface area contributed by atoms with Crippen molar-refractivity contribution in [3.63, 3.8) is 0 Å². The average molecular weight is 437 g/mol. The Morgan fingerprint density at radius 2 is 1.63 bits per heavy atom. The largest absolute Gasteiger partial charge is 0.421 e. The van der Waals surface area contributed by atoms with Crippen LogP contribution in [0.15, 0.2) is 59.2 Å². The summed E-state index contributed by atoms with van der Waals surface area (Å²) in [6.07, 6.45) is -3.77. The van der Waals surface area contributed by atoms with Crippen LogP contribution in [-0.2, 0) is 6.18 Å². The van der Waals surface area contributed by atoms with Crippen LogP contribution in [0.2, 0.25) is 0 Å². The van der Waals surface area contributed by atoms with Crippen LogP contribution in [0.3, 0.4) is 0 Å². The number of halogens is 4. The van der Waals surface area contributed by atoms with Gasteiger partial charge in [0.25, 0.3) is 0 Å². The van der Waals surface area contributed by atoms with Gasteiger partial charge in [-0.2, -0.15) is 18.2 Å². The number of nitrogens with one attached hydrogen (secondary N) is 1. The van der Waals surface area contributed by atoms with Crippen LogP contribution in [-0.4, -0.2) is 17.0 Å². The van der Waals surface area contributed by atoms with Crippen molar-refractivity contribution in [2.45, 2.75) is 13.1 Å².